The summed E-state index contributed by atoms with van der Waals surface area (Å²) in [6.45, 7) is 5.47. The highest BCUT2D eigenvalue weighted by Gasteiger charge is 2.27. The van der Waals surface area contributed by atoms with E-state index in [9.17, 15) is 4.39 Å². The zero-order chi connectivity index (χ0) is 12.4. The van der Waals surface area contributed by atoms with Gasteiger partial charge >= 0.3 is 0 Å². The van der Waals surface area contributed by atoms with Gasteiger partial charge in [0.15, 0.2) is 0 Å². The maximum Gasteiger partial charge on any atom is 0.137 e. The van der Waals surface area contributed by atoms with Crippen molar-refractivity contribution in [1.82, 2.24) is 5.32 Å². The van der Waals surface area contributed by atoms with E-state index in [0.29, 0.717) is 4.47 Å². The Kier molecular flexibility index (Phi) is 4.21. The highest BCUT2D eigenvalue weighted by molar-refractivity contribution is 9.10. The first-order valence-corrected chi connectivity index (χ1v) is 7.05. The fraction of sp³-hybridized carbons (Fsp3) is 0.571. The Labute approximate surface area is 111 Å². The van der Waals surface area contributed by atoms with E-state index < -0.39 is 0 Å². The molecule has 2 unspecified atom stereocenters. The molecule has 0 bridgehead atoms. The van der Waals surface area contributed by atoms with Gasteiger partial charge in [0, 0.05) is 6.04 Å². The molecule has 3 heteroatoms. The Balaban J connectivity index is 1.89. The van der Waals surface area contributed by atoms with E-state index in [1.54, 1.807) is 0 Å². The molecule has 1 aliphatic rings. The normalized spacial score (nSPS) is 19.1. The zero-order valence-electron chi connectivity index (χ0n) is 10.3. The van der Waals surface area contributed by atoms with Crippen LogP contribution in [0.1, 0.15) is 38.3 Å². The lowest BCUT2D eigenvalue weighted by molar-refractivity contribution is 0.431. The second kappa shape index (κ2) is 5.49. The van der Waals surface area contributed by atoms with Gasteiger partial charge in [-0.1, -0.05) is 13.0 Å². The molecule has 1 aromatic carbocycles. The van der Waals surface area contributed by atoms with E-state index in [2.05, 4.69) is 35.1 Å². The van der Waals surface area contributed by atoms with Gasteiger partial charge in [0.05, 0.1) is 4.47 Å². The second-order valence-corrected chi connectivity index (χ2v) is 5.97. The molecule has 0 aliphatic heterocycles. The van der Waals surface area contributed by atoms with Crippen LogP contribution < -0.4 is 5.32 Å². The van der Waals surface area contributed by atoms with Gasteiger partial charge in [0.25, 0.3) is 0 Å². The van der Waals surface area contributed by atoms with Crippen molar-refractivity contribution < 1.29 is 4.39 Å². The summed E-state index contributed by atoms with van der Waals surface area (Å²) in [6, 6.07) is 5.49. The first-order chi connectivity index (χ1) is 8.08. The summed E-state index contributed by atoms with van der Waals surface area (Å²) in [6.07, 6.45) is 2.78. The SMILES string of the molecule is CC(NCC(C)C1CC1)c1ccc(F)c(Br)c1. The standard InChI is InChI=1S/C14H19BrFN/c1-9(11-3-4-11)8-17-10(2)12-5-6-14(16)13(15)7-12/h5-7,9-11,17H,3-4,8H2,1-2H3. The highest BCUT2D eigenvalue weighted by Crippen LogP contribution is 2.36. The fourth-order valence-corrected chi connectivity index (χ4v) is 2.49. The van der Waals surface area contributed by atoms with Crippen LogP contribution in [0, 0.1) is 17.7 Å². The predicted octanol–water partition coefficient (Wildman–Crippen LogP) is 4.28. The summed E-state index contributed by atoms with van der Waals surface area (Å²) in [5, 5.41) is 3.52. The predicted molar refractivity (Wildman–Crippen MR) is 72.4 cm³/mol. The molecule has 0 spiro atoms. The zero-order valence-corrected chi connectivity index (χ0v) is 11.9. The fourth-order valence-electron chi connectivity index (χ4n) is 2.09. The summed E-state index contributed by atoms with van der Waals surface area (Å²) in [5.41, 5.74) is 1.13. The molecule has 2 rings (SSSR count). The summed E-state index contributed by atoms with van der Waals surface area (Å²) in [5.74, 6) is 1.48. The third-order valence-electron chi connectivity index (χ3n) is 3.62. The van der Waals surface area contributed by atoms with Gasteiger partial charge in [-0.3, -0.25) is 0 Å². The van der Waals surface area contributed by atoms with E-state index in [1.165, 1.54) is 18.9 Å². The quantitative estimate of drug-likeness (QED) is 0.855. The number of hydrogen-bond donors (Lipinski definition) is 1. The number of benzene rings is 1. The van der Waals surface area contributed by atoms with E-state index >= 15 is 0 Å². The monoisotopic (exact) mass is 299 g/mol. The first kappa shape index (κ1) is 13.0. The van der Waals surface area contributed by atoms with Gasteiger partial charge in [-0.25, -0.2) is 4.39 Å². The van der Waals surface area contributed by atoms with Crippen LogP contribution in [-0.2, 0) is 0 Å². The van der Waals surface area contributed by atoms with Crippen molar-refractivity contribution in [3.63, 3.8) is 0 Å². The molecule has 1 saturated carbocycles. The minimum absolute atomic E-state index is 0.202. The molecule has 0 radical (unpaired) electrons. The lowest BCUT2D eigenvalue weighted by Gasteiger charge is -2.18. The summed E-state index contributed by atoms with van der Waals surface area (Å²) >= 11 is 3.22. The van der Waals surface area contributed by atoms with Crippen molar-refractivity contribution in [3.8, 4) is 0 Å². The lowest BCUT2D eigenvalue weighted by Crippen LogP contribution is -2.25. The molecule has 17 heavy (non-hydrogen) atoms. The molecule has 0 aromatic heterocycles. The Morgan fingerprint density at radius 3 is 2.71 bits per heavy atom. The Hall–Kier alpha value is -0.410. The van der Waals surface area contributed by atoms with Gasteiger partial charge in [-0.2, -0.15) is 0 Å². The lowest BCUT2D eigenvalue weighted by atomic mass is 10.0. The van der Waals surface area contributed by atoms with Gasteiger partial charge in [0.2, 0.25) is 0 Å². The Morgan fingerprint density at radius 2 is 2.12 bits per heavy atom. The molecule has 0 saturated heterocycles. The van der Waals surface area contributed by atoms with E-state index in [0.717, 1.165) is 23.9 Å². The molecular weight excluding hydrogens is 281 g/mol. The van der Waals surface area contributed by atoms with Crippen LogP contribution in [0.3, 0.4) is 0 Å². The van der Waals surface area contributed by atoms with Crippen LogP contribution in [0.15, 0.2) is 22.7 Å². The average molecular weight is 300 g/mol. The third kappa shape index (κ3) is 3.52. The van der Waals surface area contributed by atoms with Crippen molar-refractivity contribution in [3.05, 3.63) is 34.1 Å². The molecule has 1 aromatic rings. The van der Waals surface area contributed by atoms with Crippen molar-refractivity contribution in [1.29, 1.82) is 0 Å². The van der Waals surface area contributed by atoms with Gasteiger partial charge in [-0.15, -0.1) is 0 Å². The molecule has 1 N–H and O–H groups in total. The molecule has 1 nitrogen and oxygen atoms in total. The van der Waals surface area contributed by atoms with E-state index in [1.807, 2.05) is 12.1 Å². The van der Waals surface area contributed by atoms with Crippen LogP contribution >= 0.6 is 15.9 Å². The maximum absolute atomic E-state index is 13.1. The summed E-state index contributed by atoms with van der Waals surface area (Å²) in [7, 11) is 0. The van der Waals surface area contributed by atoms with Crippen LogP contribution in [0.4, 0.5) is 4.39 Å². The van der Waals surface area contributed by atoms with Crippen LogP contribution in [0.2, 0.25) is 0 Å². The molecular formula is C14H19BrFN. The number of nitrogens with one attached hydrogen (secondary N) is 1. The molecule has 0 amide bonds. The van der Waals surface area contributed by atoms with Crippen molar-refractivity contribution >= 4 is 15.9 Å². The van der Waals surface area contributed by atoms with E-state index in [4.69, 9.17) is 0 Å². The van der Waals surface area contributed by atoms with Crippen LogP contribution in [0.5, 0.6) is 0 Å². The van der Waals surface area contributed by atoms with E-state index in [-0.39, 0.29) is 11.9 Å². The minimum Gasteiger partial charge on any atom is -0.310 e. The van der Waals surface area contributed by atoms with Gasteiger partial charge in [0.1, 0.15) is 5.82 Å². The summed E-state index contributed by atoms with van der Waals surface area (Å²) in [4.78, 5) is 0. The average Bonchev–Trinajstić information content (AvgIpc) is 3.13. The first-order valence-electron chi connectivity index (χ1n) is 6.26. The molecule has 1 aliphatic carbocycles. The number of hydrogen-bond acceptors (Lipinski definition) is 1. The van der Waals surface area contributed by atoms with Gasteiger partial charge in [-0.05, 0) is 71.8 Å². The molecule has 2 atom stereocenters. The topological polar surface area (TPSA) is 12.0 Å². The van der Waals surface area contributed by atoms with Crippen molar-refractivity contribution in [2.75, 3.05) is 6.54 Å². The van der Waals surface area contributed by atoms with Crippen LogP contribution in [-0.4, -0.2) is 6.54 Å². The van der Waals surface area contributed by atoms with Gasteiger partial charge < -0.3 is 5.32 Å². The Morgan fingerprint density at radius 1 is 1.41 bits per heavy atom. The maximum atomic E-state index is 13.1. The van der Waals surface area contributed by atoms with Crippen LogP contribution in [0.25, 0.3) is 0 Å². The minimum atomic E-state index is -0.202. The highest BCUT2D eigenvalue weighted by atomic mass is 79.9. The molecule has 94 valence electrons. The summed E-state index contributed by atoms with van der Waals surface area (Å²) < 4.78 is 13.7. The number of rotatable bonds is 5. The third-order valence-corrected chi connectivity index (χ3v) is 4.22. The second-order valence-electron chi connectivity index (χ2n) is 5.12. The number of halogens is 2. The van der Waals surface area contributed by atoms with Crippen molar-refractivity contribution in [2.24, 2.45) is 11.8 Å². The van der Waals surface area contributed by atoms with Crippen molar-refractivity contribution in [2.45, 2.75) is 32.7 Å². The molecule has 1 fully saturated rings. The Bertz CT molecular complexity index is 390. The molecule has 0 heterocycles. The smallest absolute Gasteiger partial charge is 0.137 e. The largest absolute Gasteiger partial charge is 0.310 e.